The van der Waals surface area contributed by atoms with Gasteiger partial charge in [0, 0.05) is 13.5 Å². The number of nitrogens with one attached hydrogen (secondary N) is 1. The minimum absolute atomic E-state index is 0.0535. The Kier molecular flexibility index (Phi) is 9.65. The Bertz CT molecular complexity index is 444. The lowest BCUT2D eigenvalue weighted by atomic mass is 10.1. The van der Waals surface area contributed by atoms with Crippen LogP contribution in [0.4, 0.5) is 0 Å². The van der Waals surface area contributed by atoms with Gasteiger partial charge < -0.3 is 20.3 Å². The summed E-state index contributed by atoms with van der Waals surface area (Å²) in [4.78, 5) is 37.7. The van der Waals surface area contributed by atoms with E-state index in [2.05, 4.69) is 10.1 Å². The van der Waals surface area contributed by atoms with Crippen LogP contribution in [0, 0.1) is 0 Å². The number of methoxy groups -OCH3 is 1. The molecule has 1 amide bonds. The fourth-order valence-electron chi connectivity index (χ4n) is 1.58. The fraction of sp³-hybridized carbons (Fsp3) is 0.714. The third-order valence-electron chi connectivity index (χ3n) is 2.73. The first-order valence-electron chi connectivity index (χ1n) is 7.03. The van der Waals surface area contributed by atoms with Crippen LogP contribution in [0.2, 0.25) is 0 Å². The number of rotatable bonds is 10. The predicted molar refractivity (Wildman–Crippen MR) is 78.2 cm³/mol. The first-order chi connectivity index (χ1) is 10.3. The average molecular weight is 313 g/mol. The normalized spacial score (nSPS) is 13.0. The maximum Gasteiger partial charge on any atom is 0.328 e. The van der Waals surface area contributed by atoms with Crippen molar-refractivity contribution in [3.63, 3.8) is 0 Å². The van der Waals surface area contributed by atoms with Crippen molar-refractivity contribution in [2.24, 2.45) is 0 Å². The molecule has 0 saturated heterocycles. The van der Waals surface area contributed by atoms with Gasteiger partial charge in [0.1, 0.15) is 6.04 Å². The summed E-state index contributed by atoms with van der Waals surface area (Å²) < 4.78 is 10.0. The Hall–Kier alpha value is -2.05. The van der Waals surface area contributed by atoms with E-state index in [1.54, 1.807) is 20.8 Å². The van der Waals surface area contributed by atoms with Crippen molar-refractivity contribution < 1.29 is 28.6 Å². The monoisotopic (exact) mass is 313 g/mol. The third-order valence-corrected chi connectivity index (χ3v) is 2.73. The van der Waals surface area contributed by atoms with Gasteiger partial charge in [-0.3, -0.25) is 9.59 Å². The number of ketones is 1. The van der Waals surface area contributed by atoms with Gasteiger partial charge in [0.2, 0.25) is 11.7 Å². The van der Waals surface area contributed by atoms with E-state index in [-0.39, 0.29) is 37.4 Å². The number of Topliss-reactive ketones (excluding diaryl/α,β-unsaturated/α-hetero) is 1. The first-order valence-corrected chi connectivity index (χ1v) is 7.03. The molecule has 124 valence electrons. The Labute approximate surface area is 129 Å². The molecule has 0 spiro atoms. The minimum atomic E-state index is -0.935. The van der Waals surface area contributed by atoms with Crippen LogP contribution in [-0.4, -0.2) is 54.0 Å². The number of carbonyl (C=O) groups is 3. The summed E-state index contributed by atoms with van der Waals surface area (Å²) in [5.74, 6) is -1.44. The van der Waals surface area contributed by atoms with Crippen molar-refractivity contribution in [2.45, 2.75) is 58.3 Å². The molecule has 1 N–H and O–H groups in total. The summed E-state index contributed by atoms with van der Waals surface area (Å²) in [6, 6.07) is -0.935. The third kappa shape index (κ3) is 8.99. The zero-order chi connectivity index (χ0) is 17.1. The maximum absolute atomic E-state index is 12.0. The minimum Gasteiger partial charge on any atom is -0.461 e. The Morgan fingerprint density at radius 1 is 1.27 bits per heavy atom. The van der Waals surface area contributed by atoms with Crippen LogP contribution in [0.1, 0.15) is 40.0 Å². The van der Waals surface area contributed by atoms with Crippen LogP contribution in [-0.2, 0) is 23.9 Å². The number of esters is 1. The largest absolute Gasteiger partial charge is 0.461 e. The highest BCUT2D eigenvalue weighted by molar-refractivity contribution is 6.25. The van der Waals surface area contributed by atoms with E-state index in [0.29, 0.717) is 0 Å². The number of hydrogen-bond acceptors (Lipinski definition) is 5. The number of hydrogen-bond donors (Lipinski definition) is 1. The summed E-state index contributed by atoms with van der Waals surface area (Å²) in [5, 5.41) is 2.53. The molecule has 0 aliphatic carbocycles. The lowest BCUT2D eigenvalue weighted by molar-refractivity contribution is -0.152. The summed E-state index contributed by atoms with van der Waals surface area (Å²) in [6.45, 7) is 5.10. The van der Waals surface area contributed by atoms with Crippen molar-refractivity contribution in [1.82, 2.24) is 5.32 Å². The smallest absolute Gasteiger partial charge is 0.328 e. The molecule has 0 fully saturated rings. The molecule has 0 aromatic heterocycles. The highest BCUT2D eigenvalue weighted by Crippen LogP contribution is 2.05. The van der Waals surface area contributed by atoms with Crippen LogP contribution >= 0.6 is 0 Å². The standard InChI is InChI=1S/C14H23N3O5/c1-9(2)22-14(20)12(6-5-11(18)8-16-15)17-13(19)7-10(3)21-4/h8-10,12H,5-7H2,1-4H3,(H,17,19)/t10-,12-/m0/s1. The molecule has 0 saturated carbocycles. The van der Waals surface area contributed by atoms with Gasteiger partial charge in [-0.1, -0.05) is 0 Å². The van der Waals surface area contributed by atoms with E-state index in [9.17, 15) is 14.4 Å². The maximum atomic E-state index is 12.0. The zero-order valence-electron chi connectivity index (χ0n) is 13.4. The first kappa shape index (κ1) is 19.9. The summed E-state index contributed by atoms with van der Waals surface area (Å²) in [6.07, 6.45) is 0.226. The lowest BCUT2D eigenvalue weighted by Crippen LogP contribution is -2.43. The van der Waals surface area contributed by atoms with Crippen LogP contribution < -0.4 is 5.32 Å². The molecule has 0 rings (SSSR count). The highest BCUT2D eigenvalue weighted by atomic mass is 16.5. The highest BCUT2D eigenvalue weighted by Gasteiger charge is 2.24. The fourth-order valence-corrected chi connectivity index (χ4v) is 1.58. The van der Waals surface area contributed by atoms with E-state index >= 15 is 0 Å². The Morgan fingerprint density at radius 2 is 1.91 bits per heavy atom. The van der Waals surface area contributed by atoms with E-state index in [4.69, 9.17) is 15.0 Å². The zero-order valence-corrected chi connectivity index (χ0v) is 13.4. The molecular formula is C14H23N3O5. The van der Waals surface area contributed by atoms with Crippen LogP contribution in [0.15, 0.2) is 0 Å². The van der Waals surface area contributed by atoms with Crippen LogP contribution in [0.25, 0.3) is 5.53 Å². The van der Waals surface area contributed by atoms with Crippen molar-refractivity contribution in [3.05, 3.63) is 5.53 Å². The molecule has 0 unspecified atom stereocenters. The van der Waals surface area contributed by atoms with Crippen molar-refractivity contribution in [1.29, 1.82) is 0 Å². The second-order valence-corrected chi connectivity index (χ2v) is 5.11. The van der Waals surface area contributed by atoms with Gasteiger partial charge in [-0.25, -0.2) is 4.79 Å². The second-order valence-electron chi connectivity index (χ2n) is 5.11. The molecule has 0 aromatic carbocycles. The lowest BCUT2D eigenvalue weighted by Gasteiger charge is -2.19. The van der Waals surface area contributed by atoms with E-state index in [0.717, 1.165) is 6.21 Å². The van der Waals surface area contributed by atoms with Crippen molar-refractivity contribution >= 4 is 23.9 Å². The topological polar surface area (TPSA) is 118 Å². The molecule has 0 aromatic rings. The second kappa shape index (κ2) is 10.6. The SMILES string of the molecule is CO[C@@H](C)CC(=O)N[C@@H](CCC(=O)C=[N+]=[N-])C(=O)OC(C)C. The number of ether oxygens (including phenoxy) is 2. The van der Waals surface area contributed by atoms with Gasteiger partial charge in [0.25, 0.3) is 0 Å². The van der Waals surface area contributed by atoms with Gasteiger partial charge in [0.15, 0.2) is 0 Å². The summed E-state index contributed by atoms with van der Waals surface area (Å²) in [7, 11) is 1.48. The molecule has 8 nitrogen and oxygen atoms in total. The predicted octanol–water partition coefficient (Wildman–Crippen LogP) is 0.498. The Morgan fingerprint density at radius 3 is 2.41 bits per heavy atom. The molecule has 0 heterocycles. The molecule has 0 bridgehead atoms. The van der Waals surface area contributed by atoms with Gasteiger partial charge in [-0.05, 0) is 27.2 Å². The quantitative estimate of drug-likeness (QED) is 0.273. The number of carbonyl (C=O) groups excluding carboxylic acids is 3. The molecule has 8 heteroatoms. The molecule has 0 radical (unpaired) electrons. The molecule has 0 aliphatic rings. The molecule has 2 atom stereocenters. The van der Waals surface area contributed by atoms with E-state index in [1.807, 2.05) is 0 Å². The van der Waals surface area contributed by atoms with E-state index < -0.39 is 17.8 Å². The molecular weight excluding hydrogens is 290 g/mol. The Balaban J connectivity index is 4.70. The summed E-state index contributed by atoms with van der Waals surface area (Å²) >= 11 is 0. The van der Waals surface area contributed by atoms with Crippen LogP contribution in [0.3, 0.4) is 0 Å². The van der Waals surface area contributed by atoms with Crippen molar-refractivity contribution in [2.75, 3.05) is 7.11 Å². The van der Waals surface area contributed by atoms with Gasteiger partial charge in [-0.15, -0.1) is 0 Å². The number of amides is 1. The average Bonchev–Trinajstić information content (AvgIpc) is 2.42. The van der Waals surface area contributed by atoms with Gasteiger partial charge in [0.05, 0.1) is 18.6 Å². The molecule has 22 heavy (non-hydrogen) atoms. The molecule has 0 aliphatic heterocycles. The number of nitrogens with zero attached hydrogens (tertiary/aromatic N) is 2. The van der Waals surface area contributed by atoms with Crippen LogP contribution in [0.5, 0.6) is 0 Å². The summed E-state index contributed by atoms with van der Waals surface area (Å²) in [5.41, 5.74) is 8.28. The van der Waals surface area contributed by atoms with Gasteiger partial charge >= 0.3 is 12.2 Å². The van der Waals surface area contributed by atoms with E-state index in [1.165, 1.54) is 7.11 Å². The van der Waals surface area contributed by atoms with Crippen molar-refractivity contribution in [3.8, 4) is 0 Å². The van der Waals surface area contributed by atoms with Gasteiger partial charge in [-0.2, -0.15) is 4.79 Å².